The zero-order valence-electron chi connectivity index (χ0n) is 10.2. The Bertz CT molecular complexity index is 307. The van der Waals surface area contributed by atoms with Crippen LogP contribution < -0.4 is 4.74 Å². The molecule has 0 heterocycles. The van der Waals surface area contributed by atoms with Gasteiger partial charge in [0.15, 0.2) is 0 Å². The monoisotopic (exact) mass is 207 g/mol. The van der Waals surface area contributed by atoms with Crippen molar-refractivity contribution < 1.29 is 4.74 Å². The van der Waals surface area contributed by atoms with Gasteiger partial charge in [0.25, 0.3) is 0 Å². The van der Waals surface area contributed by atoms with Crippen molar-refractivity contribution in [3.63, 3.8) is 0 Å². The second-order valence-corrected chi connectivity index (χ2v) is 4.21. The number of rotatable bonds is 5. The predicted octanol–water partition coefficient (Wildman–Crippen LogP) is 2.50. The Morgan fingerprint density at radius 1 is 1.27 bits per heavy atom. The van der Waals surface area contributed by atoms with Crippen LogP contribution in [0, 0.1) is 6.92 Å². The molecule has 0 spiro atoms. The van der Waals surface area contributed by atoms with Gasteiger partial charge in [-0.2, -0.15) is 0 Å². The summed E-state index contributed by atoms with van der Waals surface area (Å²) in [5.41, 5.74) is 2.62. The highest BCUT2D eigenvalue weighted by atomic mass is 16.5. The van der Waals surface area contributed by atoms with Gasteiger partial charge in [0.2, 0.25) is 0 Å². The van der Waals surface area contributed by atoms with Gasteiger partial charge in [-0.3, -0.25) is 0 Å². The average molecular weight is 207 g/mol. The lowest BCUT2D eigenvalue weighted by molar-refractivity contribution is 0.399. The fourth-order valence-corrected chi connectivity index (χ4v) is 1.70. The van der Waals surface area contributed by atoms with E-state index in [1.165, 1.54) is 17.5 Å². The quantitative estimate of drug-likeness (QED) is 0.735. The van der Waals surface area contributed by atoms with Crippen LogP contribution in [0.5, 0.6) is 5.75 Å². The molecule has 0 aliphatic carbocycles. The zero-order valence-corrected chi connectivity index (χ0v) is 10.2. The van der Waals surface area contributed by atoms with Gasteiger partial charge in [-0.05, 0) is 57.6 Å². The number of ether oxygens (including phenoxy) is 1. The molecule has 15 heavy (non-hydrogen) atoms. The summed E-state index contributed by atoms with van der Waals surface area (Å²) >= 11 is 0. The van der Waals surface area contributed by atoms with Crippen LogP contribution in [0.4, 0.5) is 0 Å². The summed E-state index contributed by atoms with van der Waals surface area (Å²) in [6.45, 7) is 3.24. The Kier molecular flexibility index (Phi) is 4.63. The molecule has 0 aromatic heterocycles. The highest BCUT2D eigenvalue weighted by Crippen LogP contribution is 2.19. The molecule has 1 rings (SSSR count). The molecule has 0 atom stereocenters. The minimum Gasteiger partial charge on any atom is -0.496 e. The summed E-state index contributed by atoms with van der Waals surface area (Å²) in [5, 5.41) is 0. The summed E-state index contributed by atoms with van der Waals surface area (Å²) in [4.78, 5) is 2.22. The van der Waals surface area contributed by atoms with Crippen molar-refractivity contribution in [2.45, 2.75) is 19.8 Å². The van der Waals surface area contributed by atoms with Crippen molar-refractivity contribution in [1.82, 2.24) is 4.90 Å². The number of aryl methyl sites for hydroxylation is 2. The number of nitrogens with zero attached hydrogens (tertiary/aromatic N) is 1. The molecule has 0 aliphatic rings. The normalized spacial score (nSPS) is 10.7. The molecule has 1 aromatic carbocycles. The number of hydrogen-bond acceptors (Lipinski definition) is 2. The lowest BCUT2D eigenvalue weighted by Crippen LogP contribution is -2.13. The number of methoxy groups -OCH3 is 1. The molecule has 0 amide bonds. The largest absolute Gasteiger partial charge is 0.496 e. The molecule has 0 N–H and O–H groups in total. The van der Waals surface area contributed by atoms with Crippen LogP contribution in [0.25, 0.3) is 0 Å². The summed E-state index contributed by atoms with van der Waals surface area (Å²) in [6.07, 6.45) is 2.35. The minimum atomic E-state index is 0.978. The summed E-state index contributed by atoms with van der Waals surface area (Å²) in [5.74, 6) is 0.978. The lowest BCUT2D eigenvalue weighted by Gasteiger charge is -2.10. The predicted molar refractivity (Wildman–Crippen MR) is 64.6 cm³/mol. The first-order valence-corrected chi connectivity index (χ1v) is 5.41. The van der Waals surface area contributed by atoms with E-state index in [9.17, 15) is 0 Å². The van der Waals surface area contributed by atoms with Crippen LogP contribution in [0.2, 0.25) is 0 Å². The fraction of sp³-hybridized carbons (Fsp3) is 0.538. The first kappa shape index (κ1) is 12.1. The molecule has 1 aromatic rings. The molecule has 0 unspecified atom stereocenters. The molecular formula is C13H21NO. The Balaban J connectivity index is 2.52. The highest BCUT2D eigenvalue weighted by molar-refractivity contribution is 5.36. The van der Waals surface area contributed by atoms with Crippen molar-refractivity contribution in [3.05, 3.63) is 29.3 Å². The topological polar surface area (TPSA) is 12.5 Å². The van der Waals surface area contributed by atoms with E-state index in [-0.39, 0.29) is 0 Å². The second-order valence-electron chi connectivity index (χ2n) is 4.21. The van der Waals surface area contributed by atoms with E-state index in [1.54, 1.807) is 7.11 Å². The Morgan fingerprint density at radius 3 is 2.53 bits per heavy atom. The Hall–Kier alpha value is -1.02. The molecule has 2 heteroatoms. The van der Waals surface area contributed by atoms with E-state index in [0.29, 0.717) is 0 Å². The maximum Gasteiger partial charge on any atom is 0.121 e. The van der Waals surface area contributed by atoms with Gasteiger partial charge in [-0.25, -0.2) is 0 Å². The Labute approximate surface area is 92.9 Å². The highest BCUT2D eigenvalue weighted by Gasteiger charge is 2.00. The zero-order chi connectivity index (χ0) is 11.3. The molecule has 0 saturated heterocycles. The molecular weight excluding hydrogens is 186 g/mol. The van der Waals surface area contributed by atoms with Crippen molar-refractivity contribution in [2.24, 2.45) is 0 Å². The van der Waals surface area contributed by atoms with Gasteiger partial charge >= 0.3 is 0 Å². The summed E-state index contributed by atoms with van der Waals surface area (Å²) < 4.78 is 5.23. The van der Waals surface area contributed by atoms with Crippen LogP contribution in [0.3, 0.4) is 0 Å². The van der Waals surface area contributed by atoms with E-state index in [1.807, 2.05) is 0 Å². The van der Waals surface area contributed by atoms with Gasteiger partial charge in [-0.15, -0.1) is 0 Å². The van der Waals surface area contributed by atoms with Gasteiger partial charge in [0.05, 0.1) is 7.11 Å². The number of hydrogen-bond donors (Lipinski definition) is 0. The van der Waals surface area contributed by atoms with Gasteiger partial charge in [0, 0.05) is 0 Å². The second kappa shape index (κ2) is 5.76. The van der Waals surface area contributed by atoms with Crippen LogP contribution in [-0.2, 0) is 6.42 Å². The van der Waals surface area contributed by atoms with Crippen molar-refractivity contribution in [3.8, 4) is 5.75 Å². The van der Waals surface area contributed by atoms with E-state index >= 15 is 0 Å². The molecule has 0 fully saturated rings. The van der Waals surface area contributed by atoms with Crippen LogP contribution in [0.15, 0.2) is 18.2 Å². The third-order valence-electron chi connectivity index (χ3n) is 2.53. The minimum absolute atomic E-state index is 0.978. The molecule has 84 valence electrons. The van der Waals surface area contributed by atoms with E-state index in [2.05, 4.69) is 44.1 Å². The molecule has 0 aliphatic heterocycles. The molecule has 0 saturated carbocycles. The van der Waals surface area contributed by atoms with Crippen LogP contribution >= 0.6 is 0 Å². The van der Waals surface area contributed by atoms with Crippen molar-refractivity contribution >= 4 is 0 Å². The van der Waals surface area contributed by atoms with Crippen molar-refractivity contribution in [1.29, 1.82) is 0 Å². The van der Waals surface area contributed by atoms with Gasteiger partial charge in [0.1, 0.15) is 5.75 Å². The van der Waals surface area contributed by atoms with Gasteiger partial charge < -0.3 is 9.64 Å². The first-order valence-electron chi connectivity index (χ1n) is 5.41. The maximum absolute atomic E-state index is 5.23. The summed E-state index contributed by atoms with van der Waals surface area (Å²) in [6, 6.07) is 6.43. The average Bonchev–Trinajstić information content (AvgIpc) is 2.17. The summed E-state index contributed by atoms with van der Waals surface area (Å²) in [7, 11) is 5.94. The maximum atomic E-state index is 5.23. The van der Waals surface area contributed by atoms with Crippen LogP contribution in [-0.4, -0.2) is 32.6 Å². The van der Waals surface area contributed by atoms with Crippen molar-refractivity contribution in [2.75, 3.05) is 27.7 Å². The standard InChI is InChI=1S/C13H21NO/c1-11-10-12(6-5-9-14(2)3)7-8-13(11)15-4/h7-8,10H,5-6,9H2,1-4H3. The van der Waals surface area contributed by atoms with E-state index < -0.39 is 0 Å². The van der Waals surface area contributed by atoms with Crippen LogP contribution in [0.1, 0.15) is 17.5 Å². The third-order valence-corrected chi connectivity index (χ3v) is 2.53. The molecule has 0 bridgehead atoms. The lowest BCUT2D eigenvalue weighted by atomic mass is 10.1. The molecule has 0 radical (unpaired) electrons. The third kappa shape index (κ3) is 3.92. The van der Waals surface area contributed by atoms with E-state index in [0.717, 1.165) is 18.7 Å². The molecule has 2 nitrogen and oxygen atoms in total. The first-order chi connectivity index (χ1) is 7.13. The van der Waals surface area contributed by atoms with E-state index in [4.69, 9.17) is 4.74 Å². The number of benzene rings is 1. The smallest absolute Gasteiger partial charge is 0.121 e. The van der Waals surface area contributed by atoms with Gasteiger partial charge in [-0.1, -0.05) is 12.1 Å². The Morgan fingerprint density at radius 2 is 2.00 bits per heavy atom. The fourth-order valence-electron chi connectivity index (χ4n) is 1.70. The SMILES string of the molecule is COc1ccc(CCCN(C)C)cc1C.